The fourth-order valence-electron chi connectivity index (χ4n) is 2.86. The largest absolute Gasteiger partial charge is 0.465 e. The maximum Gasteiger partial charge on any atom is 0.355 e. The van der Waals surface area contributed by atoms with Crippen LogP contribution in [0.5, 0.6) is 11.5 Å². The van der Waals surface area contributed by atoms with E-state index in [1.165, 1.54) is 37.3 Å². The molecule has 1 aliphatic rings. The number of nitro benzene ring substituents is 1. The third kappa shape index (κ3) is 4.61. The van der Waals surface area contributed by atoms with Crippen LogP contribution in [0.3, 0.4) is 0 Å². The maximum atomic E-state index is 12.5. The highest BCUT2D eigenvalue weighted by Crippen LogP contribution is 2.33. The van der Waals surface area contributed by atoms with Crippen molar-refractivity contribution in [2.24, 2.45) is 0 Å². The topological polar surface area (TPSA) is 108 Å². The molecule has 0 N–H and O–H groups in total. The number of hydrogen-bond donors (Lipinski definition) is 0. The lowest BCUT2D eigenvalue weighted by Gasteiger charge is -2.23. The summed E-state index contributed by atoms with van der Waals surface area (Å²) in [5.74, 6) is -0.965. The predicted octanol–water partition coefficient (Wildman–Crippen LogP) is 3.88. The monoisotopic (exact) mass is 422 g/mol. The van der Waals surface area contributed by atoms with Crippen molar-refractivity contribution in [2.75, 3.05) is 19.1 Å². The number of methoxy groups -OCH3 is 2. The van der Waals surface area contributed by atoms with Gasteiger partial charge in [-0.2, -0.15) is 0 Å². The molecule has 0 fully saturated rings. The van der Waals surface area contributed by atoms with E-state index in [9.17, 15) is 19.7 Å². The molecule has 0 atom stereocenters. The van der Waals surface area contributed by atoms with E-state index in [0.717, 1.165) is 0 Å². The molecule has 0 unspecified atom stereocenters. The summed E-state index contributed by atoms with van der Waals surface area (Å²) < 4.78 is 15.3. The minimum Gasteiger partial charge on any atom is -0.465 e. The number of carbonyl (C=O) groups is 2. The van der Waals surface area contributed by atoms with Gasteiger partial charge in [0.1, 0.15) is 11.4 Å². The van der Waals surface area contributed by atoms with Crippen LogP contribution in [0.2, 0.25) is 0 Å². The lowest BCUT2D eigenvalue weighted by molar-refractivity contribution is -0.385. The molecule has 0 bridgehead atoms. The van der Waals surface area contributed by atoms with Gasteiger partial charge in [0.2, 0.25) is 5.75 Å². The molecule has 2 aromatic rings. The maximum absolute atomic E-state index is 12.5. The zero-order valence-electron chi connectivity index (χ0n) is 16.7. The molecule has 31 heavy (non-hydrogen) atoms. The summed E-state index contributed by atoms with van der Waals surface area (Å²) in [5.41, 5.74) is 0.370. The van der Waals surface area contributed by atoms with Gasteiger partial charge in [-0.3, -0.25) is 10.1 Å². The van der Waals surface area contributed by atoms with Gasteiger partial charge < -0.3 is 19.1 Å². The lowest BCUT2D eigenvalue weighted by atomic mass is 10.1. The van der Waals surface area contributed by atoms with E-state index in [4.69, 9.17) is 14.2 Å². The van der Waals surface area contributed by atoms with Gasteiger partial charge in [0.15, 0.2) is 0 Å². The average molecular weight is 422 g/mol. The van der Waals surface area contributed by atoms with Gasteiger partial charge in [-0.05, 0) is 42.5 Å². The van der Waals surface area contributed by atoms with Gasteiger partial charge in [0.05, 0.1) is 24.7 Å². The van der Waals surface area contributed by atoms with Crippen molar-refractivity contribution in [2.45, 2.75) is 0 Å². The fourth-order valence-corrected chi connectivity index (χ4v) is 2.86. The van der Waals surface area contributed by atoms with Crippen LogP contribution >= 0.6 is 0 Å². The van der Waals surface area contributed by atoms with Gasteiger partial charge >= 0.3 is 17.6 Å². The van der Waals surface area contributed by atoms with Crippen LogP contribution in [0.1, 0.15) is 0 Å². The van der Waals surface area contributed by atoms with Gasteiger partial charge in [-0.25, -0.2) is 9.59 Å². The van der Waals surface area contributed by atoms with E-state index in [1.807, 2.05) is 0 Å². The van der Waals surface area contributed by atoms with Gasteiger partial charge in [-0.1, -0.05) is 18.2 Å². The van der Waals surface area contributed by atoms with Crippen LogP contribution < -0.4 is 9.64 Å². The molecular weight excluding hydrogens is 404 g/mol. The minimum atomic E-state index is -0.725. The Morgan fingerprint density at radius 2 is 1.61 bits per heavy atom. The van der Waals surface area contributed by atoms with Crippen LogP contribution in [0.25, 0.3) is 0 Å². The average Bonchev–Trinajstić information content (AvgIpc) is 3.02. The molecule has 1 aliphatic heterocycles. The Morgan fingerprint density at radius 1 is 0.935 bits per heavy atom. The highest BCUT2D eigenvalue weighted by Gasteiger charge is 2.27. The molecule has 1 heterocycles. The zero-order valence-corrected chi connectivity index (χ0v) is 16.7. The Bertz CT molecular complexity index is 1100. The van der Waals surface area contributed by atoms with Crippen LogP contribution in [0, 0.1) is 10.1 Å². The molecular formula is C22H18N2O7. The SMILES string of the molecule is COC(=O)C1=C(C(=O)OC)N(c2ccc(Oc3ccccc3[N+](=O)[O-])cc2)C=CC=C1. The van der Waals surface area contributed by atoms with Crippen molar-refractivity contribution in [3.8, 4) is 11.5 Å². The normalized spacial score (nSPS) is 12.9. The predicted molar refractivity (Wildman–Crippen MR) is 111 cm³/mol. The quantitative estimate of drug-likeness (QED) is 0.392. The summed E-state index contributed by atoms with van der Waals surface area (Å²) in [4.78, 5) is 36.8. The summed E-state index contributed by atoms with van der Waals surface area (Å²) in [5, 5.41) is 11.2. The number of nitrogens with zero attached hydrogens (tertiary/aromatic N) is 2. The Morgan fingerprint density at radius 3 is 2.26 bits per heavy atom. The highest BCUT2D eigenvalue weighted by molar-refractivity contribution is 6.05. The third-order valence-electron chi connectivity index (χ3n) is 4.29. The number of rotatable bonds is 6. The number of anilines is 1. The Balaban J connectivity index is 1.96. The molecule has 0 aliphatic carbocycles. The number of allylic oxidation sites excluding steroid dienone is 2. The first kappa shape index (κ1) is 21.3. The van der Waals surface area contributed by atoms with E-state index in [2.05, 4.69) is 0 Å². The van der Waals surface area contributed by atoms with Crippen molar-refractivity contribution in [3.63, 3.8) is 0 Å². The highest BCUT2D eigenvalue weighted by atomic mass is 16.6. The van der Waals surface area contributed by atoms with E-state index in [0.29, 0.717) is 11.4 Å². The smallest absolute Gasteiger partial charge is 0.355 e. The molecule has 0 aromatic heterocycles. The summed E-state index contributed by atoms with van der Waals surface area (Å²) in [7, 11) is 2.43. The number of para-hydroxylation sites is 2. The molecule has 0 radical (unpaired) electrons. The molecule has 0 saturated carbocycles. The first-order chi connectivity index (χ1) is 15.0. The summed E-state index contributed by atoms with van der Waals surface area (Å²) >= 11 is 0. The van der Waals surface area contributed by atoms with Crippen molar-refractivity contribution >= 4 is 23.3 Å². The van der Waals surface area contributed by atoms with Gasteiger partial charge in [0, 0.05) is 18.0 Å². The number of benzene rings is 2. The van der Waals surface area contributed by atoms with Gasteiger partial charge in [-0.15, -0.1) is 0 Å². The molecule has 0 amide bonds. The van der Waals surface area contributed by atoms with Gasteiger partial charge in [0.25, 0.3) is 0 Å². The summed E-state index contributed by atoms with van der Waals surface area (Å²) in [6, 6.07) is 12.5. The molecule has 3 rings (SSSR count). The first-order valence-electron chi connectivity index (χ1n) is 9.02. The number of nitro groups is 1. The number of ether oxygens (including phenoxy) is 3. The van der Waals surface area contributed by atoms with Crippen LogP contribution in [-0.2, 0) is 19.1 Å². The number of esters is 2. The van der Waals surface area contributed by atoms with Crippen LogP contribution in [-0.4, -0.2) is 31.1 Å². The second kappa shape index (κ2) is 9.40. The molecule has 9 heteroatoms. The van der Waals surface area contributed by atoms with E-state index in [1.54, 1.807) is 54.8 Å². The van der Waals surface area contributed by atoms with Crippen LogP contribution in [0.15, 0.2) is 84.2 Å². The Kier molecular flexibility index (Phi) is 6.46. The van der Waals surface area contributed by atoms with Crippen LogP contribution in [0.4, 0.5) is 11.4 Å². The van der Waals surface area contributed by atoms with Crippen molar-refractivity contribution in [1.29, 1.82) is 0 Å². The minimum absolute atomic E-state index is 0.0216. The van der Waals surface area contributed by atoms with E-state index < -0.39 is 16.9 Å². The van der Waals surface area contributed by atoms with Crippen molar-refractivity contribution < 1.29 is 28.7 Å². The van der Waals surface area contributed by atoms with E-state index in [-0.39, 0.29) is 22.7 Å². The fraction of sp³-hybridized carbons (Fsp3) is 0.0909. The Labute approximate surface area is 177 Å². The molecule has 0 saturated heterocycles. The lowest BCUT2D eigenvalue weighted by Crippen LogP contribution is -2.26. The Hall–Kier alpha value is -4.40. The number of hydrogen-bond acceptors (Lipinski definition) is 8. The molecule has 158 valence electrons. The zero-order chi connectivity index (χ0) is 22.4. The number of carbonyl (C=O) groups excluding carboxylic acids is 2. The summed E-state index contributed by atoms with van der Waals surface area (Å²) in [6.07, 6.45) is 6.30. The standard InChI is InChI=1S/C22H18N2O7/c1-29-21(25)17-7-5-6-14-23(20(17)22(26)30-2)15-10-12-16(13-11-15)31-19-9-4-3-8-18(19)24(27)28/h3-14H,1-2H3. The molecule has 9 nitrogen and oxygen atoms in total. The second-order valence-corrected chi connectivity index (χ2v) is 6.14. The molecule has 0 spiro atoms. The first-order valence-corrected chi connectivity index (χ1v) is 9.02. The second-order valence-electron chi connectivity index (χ2n) is 6.14. The summed E-state index contributed by atoms with van der Waals surface area (Å²) in [6.45, 7) is 0. The third-order valence-corrected chi connectivity index (χ3v) is 4.29. The van der Waals surface area contributed by atoms with E-state index >= 15 is 0 Å². The van der Waals surface area contributed by atoms with Crippen molar-refractivity contribution in [1.82, 2.24) is 0 Å². The molecule has 2 aromatic carbocycles. The van der Waals surface area contributed by atoms with Crippen molar-refractivity contribution in [3.05, 3.63) is 94.3 Å².